The van der Waals surface area contributed by atoms with Crippen LogP contribution >= 0.6 is 0 Å². The van der Waals surface area contributed by atoms with E-state index in [1.807, 2.05) is 20.8 Å². The van der Waals surface area contributed by atoms with E-state index in [1.54, 1.807) is 0 Å². The van der Waals surface area contributed by atoms with E-state index in [0.29, 0.717) is 19.8 Å². The molecular formula is C15H26O3Si. The number of aryl methyl sites for hydroxylation is 1. The average molecular weight is 282 g/mol. The van der Waals surface area contributed by atoms with E-state index < -0.39 is 8.80 Å². The molecule has 1 aromatic carbocycles. The smallest absolute Gasteiger partial charge is 0.374 e. The van der Waals surface area contributed by atoms with Crippen molar-refractivity contribution in [1.29, 1.82) is 0 Å². The molecule has 0 radical (unpaired) electrons. The molecule has 0 unspecified atom stereocenters. The van der Waals surface area contributed by atoms with Gasteiger partial charge in [0.2, 0.25) is 0 Å². The molecule has 108 valence electrons. The Labute approximate surface area is 118 Å². The van der Waals surface area contributed by atoms with Gasteiger partial charge in [-0.05, 0) is 51.3 Å². The maximum Gasteiger partial charge on any atom is 0.505 e. The first-order chi connectivity index (χ1) is 9.08. The third-order valence-corrected chi connectivity index (χ3v) is 6.22. The first-order valence-electron chi connectivity index (χ1n) is 7.05. The Morgan fingerprint density at radius 3 is 1.89 bits per heavy atom. The van der Waals surface area contributed by atoms with Gasteiger partial charge in [0.1, 0.15) is 0 Å². The summed E-state index contributed by atoms with van der Waals surface area (Å²) in [5.41, 5.74) is 3.87. The van der Waals surface area contributed by atoms with E-state index in [2.05, 4.69) is 32.0 Å². The van der Waals surface area contributed by atoms with E-state index in [0.717, 1.165) is 6.04 Å². The summed E-state index contributed by atoms with van der Waals surface area (Å²) in [5, 5.41) is 0. The highest BCUT2D eigenvalue weighted by Gasteiger charge is 2.41. The van der Waals surface area contributed by atoms with Gasteiger partial charge in [-0.15, -0.1) is 0 Å². The predicted molar refractivity (Wildman–Crippen MR) is 80.3 cm³/mol. The second-order valence-electron chi connectivity index (χ2n) is 4.52. The first-order valence-corrected chi connectivity index (χ1v) is 8.98. The second kappa shape index (κ2) is 7.80. The van der Waals surface area contributed by atoms with Crippen LogP contribution in [0, 0.1) is 13.8 Å². The topological polar surface area (TPSA) is 27.7 Å². The molecule has 0 aliphatic rings. The molecular weight excluding hydrogens is 256 g/mol. The van der Waals surface area contributed by atoms with E-state index in [1.165, 1.54) is 16.7 Å². The molecule has 1 aromatic rings. The van der Waals surface area contributed by atoms with Gasteiger partial charge in [-0.3, -0.25) is 0 Å². The fourth-order valence-electron chi connectivity index (χ4n) is 2.17. The average Bonchev–Trinajstić information content (AvgIpc) is 2.36. The molecule has 0 fully saturated rings. The molecule has 19 heavy (non-hydrogen) atoms. The van der Waals surface area contributed by atoms with E-state index >= 15 is 0 Å². The fourth-order valence-corrected chi connectivity index (χ4v) is 4.90. The quantitative estimate of drug-likeness (QED) is 0.684. The molecule has 0 heterocycles. The minimum atomic E-state index is -2.59. The summed E-state index contributed by atoms with van der Waals surface area (Å²) in [6.07, 6.45) is 0. The maximum absolute atomic E-state index is 5.90. The zero-order valence-corrected chi connectivity index (χ0v) is 13.8. The lowest BCUT2D eigenvalue weighted by Gasteiger charge is -2.29. The van der Waals surface area contributed by atoms with Crippen molar-refractivity contribution in [2.75, 3.05) is 19.8 Å². The Kier molecular flexibility index (Phi) is 6.72. The van der Waals surface area contributed by atoms with Crippen LogP contribution in [-0.2, 0) is 19.3 Å². The van der Waals surface area contributed by atoms with Gasteiger partial charge in [0.15, 0.2) is 0 Å². The summed E-state index contributed by atoms with van der Waals surface area (Å²) in [5.74, 6) is 0. The number of hydrogen-bond donors (Lipinski definition) is 0. The SMILES string of the molecule is CCO[Si](Cc1cccc(C)c1C)(OCC)OCC. The highest BCUT2D eigenvalue weighted by molar-refractivity contribution is 6.60. The van der Waals surface area contributed by atoms with Gasteiger partial charge in [0.25, 0.3) is 0 Å². The van der Waals surface area contributed by atoms with Crippen LogP contribution in [0.2, 0.25) is 0 Å². The standard InChI is InChI=1S/C15H26O3Si/c1-6-16-19(17-7-2,18-8-3)12-15-11-9-10-13(4)14(15)5/h9-11H,6-8,12H2,1-5H3. The highest BCUT2D eigenvalue weighted by Crippen LogP contribution is 2.21. The summed E-state index contributed by atoms with van der Waals surface area (Å²) >= 11 is 0. The van der Waals surface area contributed by atoms with Crippen molar-refractivity contribution in [3.05, 3.63) is 34.9 Å². The summed E-state index contributed by atoms with van der Waals surface area (Å²) in [4.78, 5) is 0. The van der Waals surface area contributed by atoms with Crippen molar-refractivity contribution in [3.8, 4) is 0 Å². The van der Waals surface area contributed by atoms with Crippen LogP contribution in [0.15, 0.2) is 18.2 Å². The minimum Gasteiger partial charge on any atom is -0.374 e. The predicted octanol–water partition coefficient (Wildman–Crippen LogP) is 3.43. The van der Waals surface area contributed by atoms with Crippen LogP contribution in [0.1, 0.15) is 37.5 Å². The van der Waals surface area contributed by atoms with Gasteiger partial charge in [-0.25, -0.2) is 0 Å². The molecule has 0 spiro atoms. The van der Waals surface area contributed by atoms with Crippen molar-refractivity contribution in [1.82, 2.24) is 0 Å². The Bertz CT molecular complexity index is 376. The Hall–Kier alpha value is -0.683. The molecule has 1 rings (SSSR count). The molecule has 3 nitrogen and oxygen atoms in total. The summed E-state index contributed by atoms with van der Waals surface area (Å²) < 4.78 is 17.7. The Balaban J connectivity index is 3.00. The molecule has 4 heteroatoms. The van der Waals surface area contributed by atoms with Gasteiger partial charge in [0, 0.05) is 25.9 Å². The van der Waals surface area contributed by atoms with Gasteiger partial charge >= 0.3 is 8.80 Å². The molecule has 0 aromatic heterocycles. The number of rotatable bonds is 8. The van der Waals surface area contributed by atoms with Gasteiger partial charge in [0.05, 0.1) is 0 Å². The van der Waals surface area contributed by atoms with Crippen molar-refractivity contribution in [2.45, 2.75) is 40.7 Å². The molecule has 0 aliphatic carbocycles. The van der Waals surface area contributed by atoms with Gasteiger partial charge < -0.3 is 13.3 Å². The van der Waals surface area contributed by atoms with Crippen molar-refractivity contribution < 1.29 is 13.3 Å². The highest BCUT2D eigenvalue weighted by atomic mass is 28.4. The lowest BCUT2D eigenvalue weighted by Crippen LogP contribution is -2.48. The van der Waals surface area contributed by atoms with Crippen molar-refractivity contribution in [3.63, 3.8) is 0 Å². The summed E-state index contributed by atoms with van der Waals surface area (Å²) in [7, 11) is -2.59. The second-order valence-corrected chi connectivity index (χ2v) is 7.10. The molecule has 0 saturated carbocycles. The zero-order chi connectivity index (χ0) is 14.3. The van der Waals surface area contributed by atoms with Crippen LogP contribution in [0.4, 0.5) is 0 Å². The monoisotopic (exact) mass is 282 g/mol. The first kappa shape index (κ1) is 16.4. The minimum absolute atomic E-state index is 0.622. The van der Waals surface area contributed by atoms with E-state index in [-0.39, 0.29) is 0 Å². The molecule has 0 atom stereocenters. The van der Waals surface area contributed by atoms with Crippen molar-refractivity contribution >= 4 is 8.80 Å². The molecule has 0 aliphatic heterocycles. The Morgan fingerprint density at radius 1 is 0.895 bits per heavy atom. The number of hydrogen-bond acceptors (Lipinski definition) is 3. The van der Waals surface area contributed by atoms with Gasteiger partial charge in [-0.2, -0.15) is 0 Å². The normalized spacial score (nSPS) is 11.8. The summed E-state index contributed by atoms with van der Waals surface area (Å²) in [6, 6.07) is 7.10. The fraction of sp³-hybridized carbons (Fsp3) is 0.600. The lowest BCUT2D eigenvalue weighted by atomic mass is 10.1. The van der Waals surface area contributed by atoms with E-state index in [9.17, 15) is 0 Å². The lowest BCUT2D eigenvalue weighted by molar-refractivity contribution is 0.0703. The van der Waals surface area contributed by atoms with Crippen LogP contribution in [0.25, 0.3) is 0 Å². The number of benzene rings is 1. The zero-order valence-electron chi connectivity index (χ0n) is 12.8. The largest absolute Gasteiger partial charge is 0.505 e. The van der Waals surface area contributed by atoms with Crippen LogP contribution in [0.3, 0.4) is 0 Å². The third-order valence-electron chi connectivity index (χ3n) is 3.22. The van der Waals surface area contributed by atoms with Crippen LogP contribution < -0.4 is 0 Å². The molecule has 0 saturated heterocycles. The van der Waals surface area contributed by atoms with Crippen molar-refractivity contribution in [2.24, 2.45) is 0 Å². The maximum atomic E-state index is 5.90. The molecule has 0 amide bonds. The molecule has 0 bridgehead atoms. The third kappa shape index (κ3) is 4.42. The van der Waals surface area contributed by atoms with Crippen LogP contribution in [-0.4, -0.2) is 28.6 Å². The van der Waals surface area contributed by atoms with Gasteiger partial charge in [-0.1, -0.05) is 18.2 Å². The Morgan fingerprint density at radius 2 is 1.42 bits per heavy atom. The van der Waals surface area contributed by atoms with E-state index in [4.69, 9.17) is 13.3 Å². The molecule has 0 N–H and O–H groups in total. The van der Waals surface area contributed by atoms with Crippen LogP contribution in [0.5, 0.6) is 0 Å². The summed E-state index contributed by atoms with van der Waals surface area (Å²) in [6.45, 7) is 12.1.